The molecule has 1 aliphatic heterocycles. The van der Waals surface area contributed by atoms with Gasteiger partial charge in [-0.2, -0.15) is 0 Å². The van der Waals surface area contributed by atoms with Crippen molar-refractivity contribution in [3.05, 3.63) is 28.2 Å². The Bertz CT molecular complexity index is 436. The minimum atomic E-state index is 0.792. The van der Waals surface area contributed by atoms with E-state index in [0.29, 0.717) is 0 Å². The number of benzene rings is 1. The van der Waals surface area contributed by atoms with Crippen LogP contribution in [0.15, 0.2) is 22.7 Å². The SMILES string of the molecule is CCNCc1cc(Br)ccc1N(C)CC1CCN(C)C1. The van der Waals surface area contributed by atoms with Gasteiger partial charge in [-0.1, -0.05) is 22.9 Å². The number of anilines is 1. The van der Waals surface area contributed by atoms with Crippen LogP contribution in [-0.4, -0.2) is 45.2 Å². The molecule has 0 bridgehead atoms. The molecule has 0 aliphatic carbocycles. The van der Waals surface area contributed by atoms with Crippen molar-refractivity contribution in [1.29, 1.82) is 0 Å². The van der Waals surface area contributed by atoms with E-state index in [1.54, 1.807) is 0 Å². The lowest BCUT2D eigenvalue weighted by Crippen LogP contribution is -2.28. The third-order valence-corrected chi connectivity index (χ3v) is 4.53. The predicted molar refractivity (Wildman–Crippen MR) is 90.4 cm³/mol. The van der Waals surface area contributed by atoms with Gasteiger partial charge in [-0.15, -0.1) is 0 Å². The van der Waals surface area contributed by atoms with Gasteiger partial charge < -0.3 is 15.1 Å². The van der Waals surface area contributed by atoms with E-state index in [4.69, 9.17) is 0 Å². The molecule has 2 rings (SSSR count). The van der Waals surface area contributed by atoms with E-state index in [1.807, 2.05) is 0 Å². The van der Waals surface area contributed by atoms with Crippen LogP contribution in [0.5, 0.6) is 0 Å². The van der Waals surface area contributed by atoms with Crippen molar-refractivity contribution < 1.29 is 0 Å². The highest BCUT2D eigenvalue weighted by atomic mass is 79.9. The summed E-state index contributed by atoms with van der Waals surface area (Å²) < 4.78 is 1.16. The molecule has 0 radical (unpaired) electrons. The Kier molecular flexibility index (Phi) is 5.87. The van der Waals surface area contributed by atoms with Crippen LogP contribution >= 0.6 is 15.9 Å². The second-order valence-corrected chi connectivity index (χ2v) is 6.77. The lowest BCUT2D eigenvalue weighted by atomic mass is 10.1. The van der Waals surface area contributed by atoms with Gasteiger partial charge in [-0.3, -0.25) is 0 Å². The van der Waals surface area contributed by atoms with E-state index < -0.39 is 0 Å². The zero-order valence-electron chi connectivity index (χ0n) is 12.8. The second-order valence-electron chi connectivity index (χ2n) is 5.85. The summed E-state index contributed by atoms with van der Waals surface area (Å²) >= 11 is 3.58. The minimum absolute atomic E-state index is 0.792. The van der Waals surface area contributed by atoms with Crippen LogP contribution in [0.25, 0.3) is 0 Å². The van der Waals surface area contributed by atoms with Gasteiger partial charge in [0.05, 0.1) is 0 Å². The molecule has 1 aliphatic rings. The average Bonchev–Trinajstić information content (AvgIpc) is 2.81. The van der Waals surface area contributed by atoms with E-state index in [-0.39, 0.29) is 0 Å². The maximum atomic E-state index is 3.58. The summed E-state index contributed by atoms with van der Waals surface area (Å²) in [6.45, 7) is 7.69. The number of halogens is 1. The van der Waals surface area contributed by atoms with Crippen molar-refractivity contribution in [2.45, 2.75) is 19.9 Å². The molecule has 1 aromatic carbocycles. The van der Waals surface area contributed by atoms with Gasteiger partial charge in [0.15, 0.2) is 0 Å². The molecule has 0 saturated carbocycles. The summed E-state index contributed by atoms with van der Waals surface area (Å²) in [5, 5.41) is 3.43. The van der Waals surface area contributed by atoms with Crippen LogP contribution < -0.4 is 10.2 Å². The summed E-state index contributed by atoms with van der Waals surface area (Å²) in [5.74, 6) is 0.792. The molecule has 1 heterocycles. The zero-order chi connectivity index (χ0) is 14.5. The summed E-state index contributed by atoms with van der Waals surface area (Å²) in [5.41, 5.74) is 2.72. The van der Waals surface area contributed by atoms with Crippen LogP contribution in [0, 0.1) is 5.92 Å². The number of nitrogens with one attached hydrogen (secondary N) is 1. The Morgan fingerprint density at radius 2 is 2.25 bits per heavy atom. The van der Waals surface area contributed by atoms with E-state index in [0.717, 1.165) is 30.0 Å². The van der Waals surface area contributed by atoms with Crippen LogP contribution in [0.4, 0.5) is 5.69 Å². The smallest absolute Gasteiger partial charge is 0.0410 e. The molecule has 1 atom stereocenters. The fourth-order valence-corrected chi connectivity index (χ4v) is 3.40. The normalized spacial score (nSPS) is 19.5. The number of hydrogen-bond acceptors (Lipinski definition) is 3. The fraction of sp³-hybridized carbons (Fsp3) is 0.625. The van der Waals surface area contributed by atoms with Gasteiger partial charge in [0.1, 0.15) is 0 Å². The highest BCUT2D eigenvalue weighted by molar-refractivity contribution is 9.10. The van der Waals surface area contributed by atoms with Gasteiger partial charge in [0.25, 0.3) is 0 Å². The molecule has 1 fully saturated rings. The van der Waals surface area contributed by atoms with Gasteiger partial charge >= 0.3 is 0 Å². The molecule has 0 spiro atoms. The molecule has 112 valence electrons. The van der Waals surface area contributed by atoms with Crippen molar-refractivity contribution in [2.75, 3.05) is 45.2 Å². The number of likely N-dealkylation sites (tertiary alicyclic amines) is 1. The van der Waals surface area contributed by atoms with Gasteiger partial charge in [-0.05, 0) is 56.2 Å². The first-order chi connectivity index (χ1) is 9.60. The van der Waals surface area contributed by atoms with Crippen molar-refractivity contribution in [3.8, 4) is 0 Å². The van der Waals surface area contributed by atoms with Crippen molar-refractivity contribution in [1.82, 2.24) is 10.2 Å². The van der Waals surface area contributed by atoms with E-state index >= 15 is 0 Å². The Morgan fingerprint density at radius 1 is 1.45 bits per heavy atom. The van der Waals surface area contributed by atoms with Crippen molar-refractivity contribution in [2.24, 2.45) is 5.92 Å². The van der Waals surface area contributed by atoms with Crippen LogP contribution in [0.1, 0.15) is 18.9 Å². The van der Waals surface area contributed by atoms with Gasteiger partial charge in [0, 0.05) is 36.8 Å². The maximum absolute atomic E-state index is 3.58. The molecule has 1 unspecified atom stereocenters. The Morgan fingerprint density at radius 3 is 2.90 bits per heavy atom. The summed E-state index contributed by atoms with van der Waals surface area (Å²) in [6.07, 6.45) is 1.32. The first kappa shape index (κ1) is 15.8. The molecule has 4 heteroatoms. The average molecular weight is 340 g/mol. The Hall–Kier alpha value is -0.580. The second kappa shape index (κ2) is 7.43. The molecule has 0 aromatic heterocycles. The lowest BCUT2D eigenvalue weighted by molar-refractivity contribution is 0.396. The summed E-state index contributed by atoms with van der Waals surface area (Å²) in [6, 6.07) is 6.60. The fourth-order valence-electron chi connectivity index (χ4n) is 2.99. The van der Waals surface area contributed by atoms with Gasteiger partial charge in [-0.25, -0.2) is 0 Å². The molecule has 0 amide bonds. The molecular weight excluding hydrogens is 314 g/mol. The summed E-state index contributed by atoms with van der Waals surface area (Å²) in [4.78, 5) is 4.85. The van der Waals surface area contributed by atoms with Crippen LogP contribution in [-0.2, 0) is 6.54 Å². The quantitative estimate of drug-likeness (QED) is 0.859. The van der Waals surface area contributed by atoms with Crippen molar-refractivity contribution in [3.63, 3.8) is 0 Å². The topological polar surface area (TPSA) is 18.5 Å². The number of nitrogens with zero attached hydrogens (tertiary/aromatic N) is 2. The van der Waals surface area contributed by atoms with Gasteiger partial charge in [0.2, 0.25) is 0 Å². The number of hydrogen-bond donors (Lipinski definition) is 1. The van der Waals surface area contributed by atoms with E-state index in [2.05, 4.69) is 70.3 Å². The molecule has 1 saturated heterocycles. The maximum Gasteiger partial charge on any atom is 0.0410 e. The van der Waals surface area contributed by atoms with Crippen LogP contribution in [0.2, 0.25) is 0 Å². The molecule has 3 nitrogen and oxygen atoms in total. The third-order valence-electron chi connectivity index (χ3n) is 4.04. The molecule has 1 aromatic rings. The minimum Gasteiger partial charge on any atom is -0.374 e. The molecule has 1 N–H and O–H groups in total. The zero-order valence-corrected chi connectivity index (χ0v) is 14.4. The summed E-state index contributed by atoms with van der Waals surface area (Å²) in [7, 11) is 4.44. The Labute approximate surface area is 131 Å². The van der Waals surface area contributed by atoms with Crippen LogP contribution in [0.3, 0.4) is 0 Å². The molecular formula is C16H26BrN3. The largest absolute Gasteiger partial charge is 0.374 e. The highest BCUT2D eigenvalue weighted by Crippen LogP contribution is 2.26. The first-order valence-corrected chi connectivity index (χ1v) is 8.28. The van der Waals surface area contributed by atoms with E-state index in [1.165, 1.54) is 30.8 Å². The highest BCUT2D eigenvalue weighted by Gasteiger charge is 2.21. The third kappa shape index (κ3) is 4.21. The first-order valence-electron chi connectivity index (χ1n) is 7.49. The Balaban J connectivity index is 2.05. The molecule has 20 heavy (non-hydrogen) atoms. The standard InChI is InChI=1S/C16H26BrN3/c1-4-18-10-14-9-15(17)5-6-16(14)20(3)12-13-7-8-19(2)11-13/h5-6,9,13,18H,4,7-8,10-12H2,1-3H3. The predicted octanol–water partition coefficient (Wildman–Crippen LogP) is 2.95. The van der Waals surface area contributed by atoms with Crippen molar-refractivity contribution >= 4 is 21.6 Å². The number of rotatable bonds is 6. The van der Waals surface area contributed by atoms with E-state index in [9.17, 15) is 0 Å². The lowest BCUT2D eigenvalue weighted by Gasteiger charge is -2.26. The monoisotopic (exact) mass is 339 g/mol.